The van der Waals surface area contributed by atoms with Gasteiger partial charge in [0, 0.05) is 11.6 Å². The van der Waals surface area contributed by atoms with Crippen LogP contribution in [0.1, 0.15) is 10.4 Å². The van der Waals surface area contributed by atoms with Gasteiger partial charge < -0.3 is 4.74 Å². The summed E-state index contributed by atoms with van der Waals surface area (Å²) in [5.41, 5.74) is 0.687. The van der Waals surface area contributed by atoms with Crippen molar-refractivity contribution in [3.05, 3.63) is 58.3 Å². The van der Waals surface area contributed by atoms with Crippen LogP contribution in [0.4, 0.5) is 11.6 Å². The van der Waals surface area contributed by atoms with Crippen molar-refractivity contribution < 1.29 is 14.5 Å². The molecule has 2 aromatic heterocycles. The van der Waals surface area contributed by atoms with Crippen LogP contribution in [0.25, 0.3) is 5.65 Å². The lowest BCUT2D eigenvalue weighted by molar-refractivity contribution is -0.385. The Labute approximate surface area is 129 Å². The van der Waals surface area contributed by atoms with Gasteiger partial charge in [-0.05, 0) is 30.3 Å². The lowest BCUT2D eigenvalue weighted by Crippen LogP contribution is -2.12. The molecule has 0 saturated heterocycles. The average molecular weight is 313 g/mol. The van der Waals surface area contributed by atoms with Gasteiger partial charge in [0.15, 0.2) is 5.65 Å². The summed E-state index contributed by atoms with van der Waals surface area (Å²) in [6, 6.07) is 9.31. The van der Waals surface area contributed by atoms with E-state index in [2.05, 4.69) is 15.4 Å². The Morgan fingerprint density at radius 2 is 2.00 bits per heavy atom. The number of hydrogen-bond donors (Lipinski definition) is 1. The lowest BCUT2D eigenvalue weighted by Gasteiger charge is -2.02. The molecule has 1 N–H and O–H groups in total. The fourth-order valence-corrected chi connectivity index (χ4v) is 1.95. The number of benzene rings is 1. The van der Waals surface area contributed by atoms with Crippen LogP contribution < -0.4 is 10.1 Å². The third-order valence-electron chi connectivity index (χ3n) is 3.10. The zero-order chi connectivity index (χ0) is 16.4. The van der Waals surface area contributed by atoms with Crippen molar-refractivity contribution in [1.29, 1.82) is 0 Å². The number of methoxy groups -OCH3 is 1. The molecule has 9 nitrogen and oxygen atoms in total. The van der Waals surface area contributed by atoms with E-state index >= 15 is 0 Å². The second kappa shape index (κ2) is 5.72. The number of aromatic nitrogens is 3. The topological polar surface area (TPSA) is 112 Å². The Balaban J connectivity index is 1.82. The first-order valence-electron chi connectivity index (χ1n) is 6.53. The van der Waals surface area contributed by atoms with Gasteiger partial charge in [-0.15, -0.1) is 5.10 Å². The quantitative estimate of drug-likeness (QED) is 0.581. The Morgan fingerprint density at radius 3 is 2.65 bits per heavy atom. The molecule has 23 heavy (non-hydrogen) atoms. The summed E-state index contributed by atoms with van der Waals surface area (Å²) in [6.07, 6.45) is 1.23. The van der Waals surface area contributed by atoms with Gasteiger partial charge in [-0.1, -0.05) is 0 Å². The van der Waals surface area contributed by atoms with Crippen LogP contribution in [0.3, 0.4) is 0 Å². The number of nitro groups is 1. The number of rotatable bonds is 4. The fourth-order valence-electron chi connectivity index (χ4n) is 1.95. The number of fused-ring (bicyclic) bond motifs is 1. The zero-order valence-electron chi connectivity index (χ0n) is 12.0. The van der Waals surface area contributed by atoms with Gasteiger partial charge >= 0.3 is 0 Å². The highest BCUT2D eigenvalue weighted by Crippen LogP contribution is 2.15. The van der Waals surface area contributed by atoms with Crippen molar-refractivity contribution in [2.24, 2.45) is 0 Å². The highest BCUT2D eigenvalue weighted by atomic mass is 16.6. The molecule has 0 aliphatic heterocycles. The maximum Gasteiger partial charge on any atom is 0.287 e. The molecule has 1 amide bonds. The average Bonchev–Trinajstić information content (AvgIpc) is 2.96. The second-order valence-corrected chi connectivity index (χ2v) is 4.57. The van der Waals surface area contributed by atoms with Gasteiger partial charge in [0.1, 0.15) is 11.9 Å². The predicted molar refractivity (Wildman–Crippen MR) is 80.6 cm³/mol. The van der Waals surface area contributed by atoms with Crippen molar-refractivity contribution in [2.45, 2.75) is 0 Å². The summed E-state index contributed by atoms with van der Waals surface area (Å²) in [6.45, 7) is 0. The number of pyridine rings is 1. The molecular formula is C14H11N5O4. The molecule has 3 aromatic rings. The number of nitrogens with one attached hydrogen (secondary N) is 1. The van der Waals surface area contributed by atoms with E-state index in [-0.39, 0.29) is 11.6 Å². The van der Waals surface area contributed by atoms with E-state index in [4.69, 9.17) is 4.74 Å². The van der Waals surface area contributed by atoms with Gasteiger partial charge in [-0.3, -0.25) is 20.2 Å². The lowest BCUT2D eigenvalue weighted by atomic mass is 10.2. The van der Waals surface area contributed by atoms with Crippen molar-refractivity contribution in [2.75, 3.05) is 12.4 Å². The molecule has 0 fully saturated rings. The molecule has 3 rings (SSSR count). The summed E-state index contributed by atoms with van der Waals surface area (Å²) < 4.78 is 6.26. The minimum absolute atomic E-state index is 0.0614. The van der Waals surface area contributed by atoms with E-state index < -0.39 is 10.8 Å². The van der Waals surface area contributed by atoms with E-state index in [9.17, 15) is 14.9 Å². The standard InChI is InChI=1S/C14H11N5O4/c1-23-11-5-2-9(3-6-11)13(20)16-14-15-12-7-4-10(19(21)22)8-18(12)17-14/h2-8H,1H3,(H,16,17,20). The van der Waals surface area contributed by atoms with E-state index in [0.717, 1.165) is 0 Å². The summed E-state index contributed by atoms with van der Waals surface area (Å²) >= 11 is 0. The first-order valence-corrected chi connectivity index (χ1v) is 6.53. The van der Waals surface area contributed by atoms with Gasteiger partial charge in [0.2, 0.25) is 5.95 Å². The van der Waals surface area contributed by atoms with Crippen LogP contribution in [0, 0.1) is 10.1 Å². The number of carbonyl (C=O) groups is 1. The van der Waals surface area contributed by atoms with Crippen LogP contribution >= 0.6 is 0 Å². The number of carbonyl (C=O) groups excluding carboxylic acids is 1. The van der Waals surface area contributed by atoms with Gasteiger partial charge in [-0.2, -0.15) is 4.98 Å². The molecule has 0 saturated carbocycles. The molecule has 0 spiro atoms. The Morgan fingerprint density at radius 1 is 1.26 bits per heavy atom. The molecule has 0 atom stereocenters. The van der Waals surface area contributed by atoms with Gasteiger partial charge in [-0.25, -0.2) is 4.52 Å². The summed E-state index contributed by atoms with van der Waals surface area (Å²) in [5.74, 6) is 0.309. The number of hydrogen-bond acceptors (Lipinski definition) is 6. The second-order valence-electron chi connectivity index (χ2n) is 4.57. The van der Waals surface area contributed by atoms with Crippen LogP contribution in [0.15, 0.2) is 42.6 Å². The Kier molecular flexibility index (Phi) is 3.59. The first-order chi connectivity index (χ1) is 11.1. The maximum absolute atomic E-state index is 12.1. The highest BCUT2D eigenvalue weighted by molar-refractivity contribution is 6.03. The van der Waals surface area contributed by atoms with Gasteiger partial charge in [0.25, 0.3) is 11.6 Å². The number of nitrogens with zero attached hydrogens (tertiary/aromatic N) is 4. The fraction of sp³-hybridized carbons (Fsp3) is 0.0714. The van der Waals surface area contributed by atoms with Crippen LogP contribution in [-0.2, 0) is 0 Å². The van der Waals surface area contributed by atoms with Crippen molar-refractivity contribution in [3.63, 3.8) is 0 Å². The molecule has 0 aliphatic rings. The summed E-state index contributed by atoms with van der Waals surface area (Å²) in [5, 5.41) is 17.3. The Bertz CT molecular complexity index is 888. The SMILES string of the molecule is COc1ccc(C(=O)Nc2nc3ccc([N+](=O)[O-])cn3n2)cc1. The zero-order valence-corrected chi connectivity index (χ0v) is 12.0. The number of ether oxygens (including phenoxy) is 1. The monoisotopic (exact) mass is 313 g/mol. The molecule has 116 valence electrons. The molecule has 0 unspecified atom stereocenters. The molecule has 0 bridgehead atoms. The molecule has 2 heterocycles. The third-order valence-corrected chi connectivity index (χ3v) is 3.10. The van der Waals surface area contributed by atoms with E-state index in [0.29, 0.717) is 17.0 Å². The van der Waals surface area contributed by atoms with E-state index in [1.165, 1.54) is 30.0 Å². The molecule has 9 heteroatoms. The van der Waals surface area contributed by atoms with Crippen LogP contribution in [0.5, 0.6) is 5.75 Å². The van der Waals surface area contributed by atoms with Gasteiger partial charge in [0.05, 0.1) is 12.0 Å². The van der Waals surface area contributed by atoms with Crippen molar-refractivity contribution >= 4 is 23.2 Å². The van der Waals surface area contributed by atoms with E-state index in [1.807, 2.05) is 0 Å². The van der Waals surface area contributed by atoms with Crippen molar-refractivity contribution in [3.8, 4) is 5.75 Å². The predicted octanol–water partition coefficient (Wildman–Crippen LogP) is 1.90. The molecular weight excluding hydrogens is 302 g/mol. The maximum atomic E-state index is 12.1. The molecule has 0 aliphatic carbocycles. The van der Waals surface area contributed by atoms with Crippen LogP contribution in [-0.4, -0.2) is 32.5 Å². The third kappa shape index (κ3) is 2.93. The molecule has 0 radical (unpaired) electrons. The summed E-state index contributed by atoms with van der Waals surface area (Å²) in [4.78, 5) is 26.4. The number of amides is 1. The van der Waals surface area contributed by atoms with E-state index in [1.54, 1.807) is 24.3 Å². The minimum atomic E-state index is -0.531. The number of anilines is 1. The van der Waals surface area contributed by atoms with Crippen molar-refractivity contribution in [1.82, 2.24) is 14.6 Å². The van der Waals surface area contributed by atoms with Crippen LogP contribution in [0.2, 0.25) is 0 Å². The smallest absolute Gasteiger partial charge is 0.287 e. The summed E-state index contributed by atoms with van der Waals surface area (Å²) in [7, 11) is 1.54. The normalized spacial score (nSPS) is 10.5. The first kappa shape index (κ1) is 14.4. The minimum Gasteiger partial charge on any atom is -0.497 e. The highest BCUT2D eigenvalue weighted by Gasteiger charge is 2.12. The Hall–Kier alpha value is -3.49. The molecule has 1 aromatic carbocycles. The largest absolute Gasteiger partial charge is 0.497 e.